The minimum atomic E-state index is -1.16. The number of amides is 1. The molecule has 164 valence electrons. The number of nitrogens with zero attached hydrogens (tertiary/aromatic N) is 2. The molecule has 1 amide bonds. The Hall–Kier alpha value is -3.42. The molecule has 0 bridgehead atoms. The fourth-order valence-corrected chi connectivity index (χ4v) is 3.39. The molecule has 1 unspecified atom stereocenters. The number of aryl methyl sites for hydroxylation is 1. The molecule has 1 heterocycles. The summed E-state index contributed by atoms with van der Waals surface area (Å²) in [7, 11) is 0. The third-order valence-electron chi connectivity index (χ3n) is 4.44. The normalized spacial score (nSPS) is 11.8. The van der Waals surface area contributed by atoms with Gasteiger partial charge in [0, 0.05) is 17.6 Å². The first-order chi connectivity index (χ1) is 15.3. The molecule has 0 saturated heterocycles. The molecule has 32 heavy (non-hydrogen) atoms. The summed E-state index contributed by atoms with van der Waals surface area (Å²) < 4.78 is 0. The van der Waals surface area contributed by atoms with Gasteiger partial charge in [-0.1, -0.05) is 53.6 Å². The Morgan fingerprint density at radius 3 is 2.41 bits per heavy atom. The molecule has 0 radical (unpaired) electrons. The SMILES string of the molecule is Cc1ccnc(Nc2ccc(C=CCC(NC(=O)c3c(Cl)cccc3Cl)C(=O)O)cc2)n1. The summed E-state index contributed by atoms with van der Waals surface area (Å²) in [6, 6.07) is 12.8. The number of hydrogen-bond donors (Lipinski definition) is 3. The van der Waals surface area contributed by atoms with E-state index in [2.05, 4.69) is 20.6 Å². The van der Waals surface area contributed by atoms with Crippen molar-refractivity contribution in [2.24, 2.45) is 0 Å². The number of rotatable bonds is 8. The third kappa shape index (κ3) is 6.29. The first-order valence-electron chi connectivity index (χ1n) is 9.64. The van der Waals surface area contributed by atoms with Crippen molar-refractivity contribution in [1.82, 2.24) is 15.3 Å². The molecule has 0 aliphatic heterocycles. The van der Waals surface area contributed by atoms with Crippen LogP contribution in [0.15, 0.2) is 60.8 Å². The van der Waals surface area contributed by atoms with Gasteiger partial charge >= 0.3 is 5.97 Å². The zero-order valence-corrected chi connectivity index (χ0v) is 18.6. The number of aromatic nitrogens is 2. The molecule has 9 heteroatoms. The van der Waals surface area contributed by atoms with Crippen molar-refractivity contribution in [3.63, 3.8) is 0 Å². The predicted molar refractivity (Wildman–Crippen MR) is 125 cm³/mol. The lowest BCUT2D eigenvalue weighted by Crippen LogP contribution is -2.40. The van der Waals surface area contributed by atoms with Gasteiger partial charge in [-0.2, -0.15) is 0 Å². The Morgan fingerprint density at radius 1 is 1.09 bits per heavy atom. The molecule has 7 nitrogen and oxygen atoms in total. The van der Waals surface area contributed by atoms with Crippen molar-refractivity contribution in [2.75, 3.05) is 5.32 Å². The highest BCUT2D eigenvalue weighted by Crippen LogP contribution is 2.24. The number of anilines is 2. The number of carboxylic acids is 1. The molecule has 0 fully saturated rings. The number of halogens is 2. The fraction of sp³-hybridized carbons (Fsp3) is 0.130. The van der Waals surface area contributed by atoms with Crippen LogP contribution in [0.4, 0.5) is 11.6 Å². The molecule has 0 spiro atoms. The maximum atomic E-state index is 12.5. The molecule has 2 aromatic carbocycles. The van der Waals surface area contributed by atoms with E-state index in [1.54, 1.807) is 24.4 Å². The lowest BCUT2D eigenvalue weighted by Gasteiger charge is -2.14. The highest BCUT2D eigenvalue weighted by Gasteiger charge is 2.22. The van der Waals surface area contributed by atoms with Crippen molar-refractivity contribution in [2.45, 2.75) is 19.4 Å². The third-order valence-corrected chi connectivity index (χ3v) is 5.07. The summed E-state index contributed by atoms with van der Waals surface area (Å²) in [4.78, 5) is 32.5. The van der Waals surface area contributed by atoms with E-state index in [1.807, 2.05) is 37.3 Å². The smallest absolute Gasteiger partial charge is 0.326 e. The molecular formula is C23H20Cl2N4O3. The van der Waals surface area contributed by atoms with Crippen LogP contribution in [0.25, 0.3) is 6.08 Å². The first-order valence-corrected chi connectivity index (χ1v) is 10.4. The molecule has 1 atom stereocenters. The fourth-order valence-electron chi connectivity index (χ4n) is 2.82. The quantitative estimate of drug-likeness (QED) is 0.421. The minimum absolute atomic E-state index is 0.0479. The van der Waals surface area contributed by atoms with Crippen LogP contribution in [0.5, 0.6) is 0 Å². The van der Waals surface area contributed by atoms with Gasteiger partial charge in [-0.25, -0.2) is 14.8 Å². The number of aliphatic carboxylic acids is 1. The van der Waals surface area contributed by atoms with Crippen LogP contribution in [-0.2, 0) is 4.79 Å². The monoisotopic (exact) mass is 470 g/mol. The highest BCUT2D eigenvalue weighted by molar-refractivity contribution is 6.39. The van der Waals surface area contributed by atoms with Crippen LogP contribution in [0, 0.1) is 6.92 Å². The molecule has 3 aromatic rings. The van der Waals surface area contributed by atoms with Crippen molar-refractivity contribution in [3.8, 4) is 0 Å². The van der Waals surface area contributed by atoms with Crippen LogP contribution < -0.4 is 10.6 Å². The second kappa shape index (κ2) is 10.7. The van der Waals surface area contributed by atoms with Crippen LogP contribution in [0.2, 0.25) is 10.0 Å². The van der Waals surface area contributed by atoms with Gasteiger partial charge < -0.3 is 15.7 Å². The topological polar surface area (TPSA) is 104 Å². The molecule has 3 rings (SSSR count). The first kappa shape index (κ1) is 23.2. The summed E-state index contributed by atoms with van der Waals surface area (Å²) in [5.74, 6) is -1.30. The lowest BCUT2D eigenvalue weighted by atomic mass is 10.1. The molecular weight excluding hydrogens is 451 g/mol. The highest BCUT2D eigenvalue weighted by atomic mass is 35.5. The Balaban J connectivity index is 1.61. The number of hydrogen-bond acceptors (Lipinski definition) is 5. The average molecular weight is 471 g/mol. The molecule has 0 saturated carbocycles. The van der Waals surface area contributed by atoms with E-state index in [1.165, 1.54) is 12.1 Å². The summed E-state index contributed by atoms with van der Waals surface area (Å²) >= 11 is 12.0. The van der Waals surface area contributed by atoms with Crippen molar-refractivity contribution in [3.05, 3.63) is 87.7 Å². The Labute approximate surface area is 195 Å². The van der Waals surface area contributed by atoms with Crippen LogP contribution >= 0.6 is 23.2 Å². The number of nitrogens with one attached hydrogen (secondary N) is 2. The Morgan fingerprint density at radius 2 is 1.78 bits per heavy atom. The predicted octanol–water partition coefficient (Wildman–Crippen LogP) is 5.12. The van der Waals surface area contributed by atoms with E-state index < -0.39 is 17.9 Å². The zero-order valence-electron chi connectivity index (χ0n) is 17.0. The largest absolute Gasteiger partial charge is 0.480 e. The van der Waals surface area contributed by atoms with Crippen molar-refractivity contribution in [1.29, 1.82) is 0 Å². The summed E-state index contributed by atoms with van der Waals surface area (Å²) in [6.45, 7) is 1.89. The van der Waals surface area contributed by atoms with Gasteiger partial charge in [0.15, 0.2) is 0 Å². The maximum absolute atomic E-state index is 12.5. The Kier molecular flexibility index (Phi) is 7.81. The van der Waals surface area contributed by atoms with Gasteiger partial charge in [-0.05, 0) is 49.2 Å². The summed E-state index contributed by atoms with van der Waals surface area (Å²) in [6.07, 6.45) is 5.22. The van der Waals surface area contributed by atoms with E-state index >= 15 is 0 Å². The number of carbonyl (C=O) groups is 2. The standard InChI is InChI=1S/C23H20Cl2N4O3/c1-14-12-13-26-23(27-14)28-16-10-8-15(9-11-16)4-2-7-19(22(31)32)29-21(30)20-17(24)5-3-6-18(20)25/h2-6,8-13,19H,7H2,1H3,(H,29,30)(H,31,32)(H,26,27,28). The molecule has 0 aliphatic carbocycles. The van der Waals surface area contributed by atoms with E-state index in [9.17, 15) is 14.7 Å². The summed E-state index contributed by atoms with van der Waals surface area (Å²) in [5, 5.41) is 15.3. The van der Waals surface area contributed by atoms with E-state index in [-0.39, 0.29) is 22.0 Å². The second-order valence-electron chi connectivity index (χ2n) is 6.87. The number of benzene rings is 2. The van der Waals surface area contributed by atoms with Gasteiger partial charge in [0.05, 0.1) is 15.6 Å². The summed E-state index contributed by atoms with van der Waals surface area (Å²) in [5.41, 5.74) is 2.59. The van der Waals surface area contributed by atoms with Gasteiger partial charge in [-0.15, -0.1) is 0 Å². The maximum Gasteiger partial charge on any atom is 0.326 e. The van der Waals surface area contributed by atoms with Crippen molar-refractivity contribution < 1.29 is 14.7 Å². The molecule has 3 N–H and O–H groups in total. The van der Waals surface area contributed by atoms with Crippen molar-refractivity contribution >= 4 is 52.8 Å². The van der Waals surface area contributed by atoms with E-state index in [4.69, 9.17) is 23.2 Å². The van der Waals surface area contributed by atoms with Crippen LogP contribution in [0.3, 0.4) is 0 Å². The van der Waals surface area contributed by atoms with Gasteiger partial charge in [0.1, 0.15) is 6.04 Å². The van der Waals surface area contributed by atoms with Gasteiger partial charge in [0.2, 0.25) is 5.95 Å². The molecule has 1 aromatic heterocycles. The van der Waals surface area contributed by atoms with Gasteiger partial charge in [0.25, 0.3) is 5.91 Å². The molecule has 0 aliphatic rings. The average Bonchev–Trinajstić information content (AvgIpc) is 2.74. The van der Waals surface area contributed by atoms with E-state index in [0.717, 1.165) is 16.9 Å². The number of carboxylic acid groups (broad SMARTS) is 1. The zero-order chi connectivity index (χ0) is 23.1. The second-order valence-corrected chi connectivity index (χ2v) is 7.68. The van der Waals surface area contributed by atoms with Crippen LogP contribution in [0.1, 0.15) is 28.0 Å². The van der Waals surface area contributed by atoms with E-state index in [0.29, 0.717) is 5.95 Å². The van der Waals surface area contributed by atoms with Crippen LogP contribution in [-0.4, -0.2) is 33.0 Å². The lowest BCUT2D eigenvalue weighted by molar-refractivity contribution is -0.139. The number of carbonyl (C=O) groups excluding carboxylic acids is 1. The minimum Gasteiger partial charge on any atom is -0.480 e. The van der Waals surface area contributed by atoms with Gasteiger partial charge in [-0.3, -0.25) is 4.79 Å². The Bertz CT molecular complexity index is 1130.